The third-order valence-electron chi connectivity index (χ3n) is 4.48. The number of hydrogen-bond acceptors (Lipinski definition) is 1. The van der Waals surface area contributed by atoms with Crippen LogP contribution in [0.25, 0.3) is 0 Å². The van der Waals surface area contributed by atoms with E-state index in [4.69, 9.17) is 0 Å². The molecule has 1 unspecified atom stereocenters. The minimum absolute atomic E-state index is 0.784. The third kappa shape index (κ3) is 8.26. The van der Waals surface area contributed by atoms with Crippen LogP contribution in [-0.2, 0) is 6.42 Å². The molecular weight excluding hydrogens is 254 g/mol. The quantitative estimate of drug-likeness (QED) is 0.500. The lowest BCUT2D eigenvalue weighted by atomic mass is 9.91. The van der Waals surface area contributed by atoms with Crippen LogP contribution in [0.2, 0.25) is 0 Å². The second kappa shape index (κ2) is 11.8. The maximum Gasteiger partial charge on any atom is -0.00203 e. The van der Waals surface area contributed by atoms with E-state index in [9.17, 15) is 0 Å². The summed E-state index contributed by atoms with van der Waals surface area (Å²) in [6, 6.07) is 8.84. The van der Waals surface area contributed by atoms with Crippen molar-refractivity contribution in [2.24, 2.45) is 5.92 Å². The molecule has 120 valence electrons. The molecule has 0 bridgehead atoms. The summed E-state index contributed by atoms with van der Waals surface area (Å²) in [5.41, 5.74) is 2.97. The fourth-order valence-electron chi connectivity index (χ4n) is 3.11. The van der Waals surface area contributed by atoms with Crippen molar-refractivity contribution in [1.82, 2.24) is 5.32 Å². The molecule has 0 amide bonds. The van der Waals surface area contributed by atoms with Gasteiger partial charge in [-0.15, -0.1) is 0 Å². The zero-order valence-electron chi connectivity index (χ0n) is 14.5. The zero-order chi connectivity index (χ0) is 15.3. The minimum atomic E-state index is 0.784. The molecule has 1 aromatic carbocycles. The molecule has 1 heteroatoms. The Bertz CT molecular complexity index is 359. The maximum absolute atomic E-state index is 3.38. The van der Waals surface area contributed by atoms with Gasteiger partial charge in [-0.05, 0) is 50.4 Å². The van der Waals surface area contributed by atoms with Gasteiger partial charge in [0.05, 0.1) is 0 Å². The van der Waals surface area contributed by atoms with Crippen LogP contribution in [0.4, 0.5) is 0 Å². The average Bonchev–Trinajstić information content (AvgIpc) is 2.48. The van der Waals surface area contributed by atoms with E-state index in [-0.39, 0.29) is 0 Å². The predicted molar refractivity (Wildman–Crippen MR) is 94.9 cm³/mol. The molecule has 1 N–H and O–H groups in total. The highest BCUT2D eigenvalue weighted by atomic mass is 14.8. The molecule has 0 fully saturated rings. The first-order chi connectivity index (χ1) is 10.3. The molecule has 0 saturated heterocycles. The normalized spacial score (nSPS) is 12.5. The van der Waals surface area contributed by atoms with E-state index >= 15 is 0 Å². The van der Waals surface area contributed by atoms with Gasteiger partial charge in [0.1, 0.15) is 0 Å². The van der Waals surface area contributed by atoms with E-state index in [1.54, 1.807) is 0 Å². The first-order valence-corrected chi connectivity index (χ1v) is 8.97. The monoisotopic (exact) mass is 289 g/mol. The first-order valence-electron chi connectivity index (χ1n) is 8.97. The molecule has 0 aliphatic heterocycles. The molecule has 1 rings (SSSR count). The van der Waals surface area contributed by atoms with E-state index in [1.807, 2.05) is 0 Å². The van der Waals surface area contributed by atoms with Crippen LogP contribution in [0.15, 0.2) is 24.3 Å². The summed E-state index contributed by atoms with van der Waals surface area (Å²) in [4.78, 5) is 0. The summed E-state index contributed by atoms with van der Waals surface area (Å²) in [6.45, 7) is 5.66. The van der Waals surface area contributed by atoms with Crippen molar-refractivity contribution in [3.8, 4) is 0 Å². The number of rotatable bonds is 12. The molecular formula is C20H35N. The van der Waals surface area contributed by atoms with Crippen molar-refractivity contribution in [1.29, 1.82) is 0 Å². The molecule has 1 atom stereocenters. The topological polar surface area (TPSA) is 12.0 Å². The van der Waals surface area contributed by atoms with Crippen LogP contribution in [0.3, 0.4) is 0 Å². The van der Waals surface area contributed by atoms with Gasteiger partial charge in [-0.25, -0.2) is 0 Å². The minimum Gasteiger partial charge on any atom is -0.319 e. The summed E-state index contributed by atoms with van der Waals surface area (Å²) in [6.07, 6.45) is 12.4. The van der Waals surface area contributed by atoms with Gasteiger partial charge in [0, 0.05) is 0 Å². The lowest BCUT2D eigenvalue weighted by Gasteiger charge is -2.18. The summed E-state index contributed by atoms with van der Waals surface area (Å²) in [5.74, 6) is 0.784. The van der Waals surface area contributed by atoms with Crippen LogP contribution in [0, 0.1) is 12.8 Å². The molecule has 1 aromatic rings. The van der Waals surface area contributed by atoms with Crippen molar-refractivity contribution in [3.05, 3.63) is 35.4 Å². The first kappa shape index (κ1) is 18.2. The zero-order valence-corrected chi connectivity index (χ0v) is 14.5. The molecule has 0 aliphatic rings. The van der Waals surface area contributed by atoms with Gasteiger partial charge in [-0.1, -0.05) is 76.1 Å². The van der Waals surface area contributed by atoms with Crippen molar-refractivity contribution in [3.63, 3.8) is 0 Å². The third-order valence-corrected chi connectivity index (χ3v) is 4.48. The fourth-order valence-corrected chi connectivity index (χ4v) is 3.11. The highest BCUT2D eigenvalue weighted by molar-refractivity contribution is 5.25. The SMILES string of the molecule is CCCCCCCCCC(CNC)Cc1ccccc1C. The van der Waals surface area contributed by atoms with Crippen molar-refractivity contribution in [2.75, 3.05) is 13.6 Å². The smallest absolute Gasteiger partial charge is 0.00203 e. The van der Waals surface area contributed by atoms with Crippen LogP contribution in [0.1, 0.15) is 69.4 Å². The van der Waals surface area contributed by atoms with Crippen LogP contribution >= 0.6 is 0 Å². The Morgan fingerprint density at radius 2 is 1.62 bits per heavy atom. The summed E-state index contributed by atoms with van der Waals surface area (Å²) in [5, 5.41) is 3.38. The van der Waals surface area contributed by atoms with Gasteiger partial charge in [-0.2, -0.15) is 0 Å². The molecule has 0 spiro atoms. The van der Waals surface area contributed by atoms with Crippen molar-refractivity contribution in [2.45, 2.75) is 71.6 Å². The highest BCUT2D eigenvalue weighted by Crippen LogP contribution is 2.19. The Labute approximate surface area is 132 Å². The average molecular weight is 290 g/mol. The lowest BCUT2D eigenvalue weighted by Crippen LogP contribution is -2.21. The number of benzene rings is 1. The van der Waals surface area contributed by atoms with E-state index < -0.39 is 0 Å². The molecule has 1 nitrogen and oxygen atoms in total. The Kier molecular flexibility index (Phi) is 10.2. The van der Waals surface area contributed by atoms with Gasteiger partial charge in [0.15, 0.2) is 0 Å². The van der Waals surface area contributed by atoms with Gasteiger partial charge >= 0.3 is 0 Å². The van der Waals surface area contributed by atoms with Crippen LogP contribution in [-0.4, -0.2) is 13.6 Å². The number of aryl methyl sites for hydroxylation is 1. The lowest BCUT2D eigenvalue weighted by molar-refractivity contribution is 0.431. The maximum atomic E-state index is 3.38. The van der Waals surface area contributed by atoms with Gasteiger partial charge in [0.2, 0.25) is 0 Å². The second-order valence-corrected chi connectivity index (χ2v) is 6.46. The van der Waals surface area contributed by atoms with Crippen LogP contribution < -0.4 is 5.32 Å². The Balaban J connectivity index is 2.25. The molecule has 0 heterocycles. The van der Waals surface area contributed by atoms with E-state index in [0.717, 1.165) is 12.5 Å². The van der Waals surface area contributed by atoms with Gasteiger partial charge in [0.25, 0.3) is 0 Å². The second-order valence-electron chi connectivity index (χ2n) is 6.46. The Morgan fingerprint density at radius 1 is 0.952 bits per heavy atom. The Morgan fingerprint density at radius 3 is 2.29 bits per heavy atom. The summed E-state index contributed by atoms with van der Waals surface area (Å²) in [7, 11) is 2.08. The molecule has 0 aliphatic carbocycles. The summed E-state index contributed by atoms with van der Waals surface area (Å²) >= 11 is 0. The number of unbranched alkanes of at least 4 members (excludes halogenated alkanes) is 6. The number of hydrogen-bond donors (Lipinski definition) is 1. The standard InChI is InChI=1S/C20H35N/c1-4-5-6-7-8-9-10-14-19(17-21-3)16-20-15-12-11-13-18(20)2/h11-13,15,19,21H,4-10,14,16-17H2,1-3H3. The fraction of sp³-hybridized carbons (Fsp3) is 0.700. The van der Waals surface area contributed by atoms with E-state index in [1.165, 1.54) is 68.9 Å². The van der Waals surface area contributed by atoms with Gasteiger partial charge in [-0.3, -0.25) is 0 Å². The number of nitrogens with one attached hydrogen (secondary N) is 1. The summed E-state index contributed by atoms with van der Waals surface area (Å²) < 4.78 is 0. The molecule has 0 aromatic heterocycles. The van der Waals surface area contributed by atoms with E-state index in [0.29, 0.717) is 0 Å². The molecule has 21 heavy (non-hydrogen) atoms. The largest absolute Gasteiger partial charge is 0.319 e. The van der Waals surface area contributed by atoms with Crippen molar-refractivity contribution >= 4 is 0 Å². The van der Waals surface area contributed by atoms with E-state index in [2.05, 4.69) is 50.5 Å². The van der Waals surface area contributed by atoms with Crippen molar-refractivity contribution < 1.29 is 0 Å². The Hall–Kier alpha value is -0.820. The molecule has 0 radical (unpaired) electrons. The predicted octanol–water partition coefficient (Wildman–Crippen LogP) is 5.51. The van der Waals surface area contributed by atoms with Crippen LogP contribution in [0.5, 0.6) is 0 Å². The van der Waals surface area contributed by atoms with Gasteiger partial charge < -0.3 is 5.32 Å². The molecule has 0 saturated carbocycles. The highest BCUT2D eigenvalue weighted by Gasteiger charge is 2.10.